The number of Topliss-reactive ketones (excluding diaryl/α,β-unsaturated/α-hetero) is 1. The zero-order valence-corrected chi connectivity index (χ0v) is 20.6. The van der Waals surface area contributed by atoms with Gasteiger partial charge in [-0.2, -0.15) is 0 Å². The molecular formula is C25H34O9. The molecule has 3 saturated carbocycles. The van der Waals surface area contributed by atoms with E-state index < -0.39 is 87.3 Å². The molecule has 6 rings (SSSR count). The SMILES string of the molecule is CC(=O)O[C@@]12[C@H](O)[C@@H](C)[C@@]3(O)C([C@@H]1C2(C)C)[C@@H]1O[C@@]12COC(C)(C)O[C@H]2[C@]1(O)C(=O)C(C)=C[C@H]13. The lowest BCUT2D eigenvalue weighted by molar-refractivity contribution is -0.329. The summed E-state index contributed by atoms with van der Waals surface area (Å²) in [6.07, 6.45) is -1.29. The van der Waals surface area contributed by atoms with Crippen molar-refractivity contribution < 1.29 is 43.9 Å². The average Bonchev–Trinajstić information content (AvgIpc) is 3.54. The number of carbonyl (C=O) groups excluding carboxylic acids is 2. The molecule has 188 valence electrons. The van der Waals surface area contributed by atoms with Crippen molar-refractivity contribution in [2.45, 2.75) is 95.0 Å². The van der Waals surface area contributed by atoms with Crippen molar-refractivity contribution in [2.24, 2.45) is 29.1 Å². The van der Waals surface area contributed by atoms with Gasteiger partial charge in [-0.1, -0.05) is 26.8 Å². The molecule has 1 spiro atoms. The molecule has 9 nitrogen and oxygen atoms in total. The van der Waals surface area contributed by atoms with E-state index in [0.29, 0.717) is 5.57 Å². The Bertz CT molecular complexity index is 1050. The van der Waals surface area contributed by atoms with E-state index in [2.05, 4.69) is 0 Å². The van der Waals surface area contributed by atoms with E-state index >= 15 is 0 Å². The van der Waals surface area contributed by atoms with Crippen LogP contribution in [0.1, 0.15) is 48.5 Å². The van der Waals surface area contributed by atoms with Crippen LogP contribution in [0.25, 0.3) is 0 Å². The average molecular weight is 479 g/mol. The van der Waals surface area contributed by atoms with Crippen LogP contribution in [0.5, 0.6) is 0 Å². The molecule has 2 heterocycles. The first-order chi connectivity index (χ1) is 15.5. The normalized spacial score (nSPS) is 57.6. The van der Waals surface area contributed by atoms with E-state index in [9.17, 15) is 24.9 Å². The van der Waals surface area contributed by atoms with Crippen LogP contribution in [0.15, 0.2) is 11.6 Å². The molecule has 4 aliphatic carbocycles. The predicted octanol–water partition coefficient (Wildman–Crippen LogP) is 0.481. The highest BCUT2D eigenvalue weighted by atomic mass is 16.8. The minimum absolute atomic E-state index is 0.0773. The summed E-state index contributed by atoms with van der Waals surface area (Å²) in [4.78, 5) is 25.7. The van der Waals surface area contributed by atoms with Gasteiger partial charge in [0.2, 0.25) is 0 Å². The van der Waals surface area contributed by atoms with Gasteiger partial charge in [0.15, 0.2) is 17.2 Å². The molecule has 0 amide bonds. The van der Waals surface area contributed by atoms with E-state index in [4.69, 9.17) is 18.9 Å². The third-order valence-electron chi connectivity index (χ3n) is 10.1. The zero-order valence-electron chi connectivity index (χ0n) is 20.6. The van der Waals surface area contributed by atoms with Crippen molar-refractivity contribution in [3.8, 4) is 0 Å². The number of fused-ring (bicyclic) bond motifs is 7. The standard InChI is InChI=1S/C25H34O9/c1-10-8-13-23(29)11(2)17(28)25(32-12(3)26)15(20(25,4)5)14(23)18-22(33-18)9-31-21(6,7)34-19(22)24(13,30)16(10)27/h8,11,13-15,17-19,28-30H,9H2,1-7H3/t11-,13+,14?,15-,17-,18+,19-,22+,23+,24-,25-/m1/s1. The third-order valence-corrected chi connectivity index (χ3v) is 10.1. The van der Waals surface area contributed by atoms with Crippen LogP contribution in [-0.4, -0.2) is 80.2 Å². The first kappa shape index (κ1) is 23.1. The van der Waals surface area contributed by atoms with Crippen molar-refractivity contribution in [3.63, 3.8) is 0 Å². The van der Waals surface area contributed by atoms with E-state index in [1.807, 2.05) is 13.8 Å². The Morgan fingerprint density at radius 3 is 2.44 bits per heavy atom. The van der Waals surface area contributed by atoms with Gasteiger partial charge in [0, 0.05) is 36.0 Å². The lowest BCUT2D eigenvalue weighted by Gasteiger charge is -2.53. The molecule has 34 heavy (non-hydrogen) atoms. The summed E-state index contributed by atoms with van der Waals surface area (Å²) in [7, 11) is 0. The Hall–Kier alpha value is -1.36. The number of carbonyl (C=O) groups is 2. The summed E-state index contributed by atoms with van der Waals surface area (Å²) in [6, 6.07) is 0. The summed E-state index contributed by atoms with van der Waals surface area (Å²) in [5, 5.41) is 36.4. The topological polar surface area (TPSA) is 135 Å². The van der Waals surface area contributed by atoms with Gasteiger partial charge in [0.05, 0.1) is 24.4 Å². The van der Waals surface area contributed by atoms with E-state index in [1.165, 1.54) is 6.92 Å². The molecule has 2 aliphatic heterocycles. The number of aliphatic hydroxyl groups is 3. The Kier molecular flexibility index (Phi) is 4.04. The van der Waals surface area contributed by atoms with Gasteiger partial charge in [-0.05, 0) is 26.3 Å². The van der Waals surface area contributed by atoms with E-state index in [-0.39, 0.29) is 6.61 Å². The number of rotatable bonds is 1. The monoisotopic (exact) mass is 478 g/mol. The van der Waals surface area contributed by atoms with Gasteiger partial charge in [-0.15, -0.1) is 0 Å². The smallest absolute Gasteiger partial charge is 0.303 e. The predicted molar refractivity (Wildman–Crippen MR) is 115 cm³/mol. The maximum absolute atomic E-state index is 13.5. The second kappa shape index (κ2) is 5.95. The first-order valence-corrected chi connectivity index (χ1v) is 12.1. The number of hydrogen-bond acceptors (Lipinski definition) is 9. The van der Waals surface area contributed by atoms with Crippen molar-refractivity contribution in [2.75, 3.05) is 6.61 Å². The molecule has 11 atom stereocenters. The molecule has 0 bridgehead atoms. The van der Waals surface area contributed by atoms with Crippen LogP contribution in [0.4, 0.5) is 0 Å². The fourth-order valence-corrected chi connectivity index (χ4v) is 8.50. The maximum atomic E-state index is 13.5. The Morgan fingerprint density at radius 1 is 1.18 bits per heavy atom. The molecular weight excluding hydrogens is 444 g/mol. The molecule has 0 aromatic rings. The highest BCUT2D eigenvalue weighted by Crippen LogP contribution is 2.79. The summed E-state index contributed by atoms with van der Waals surface area (Å²) >= 11 is 0. The van der Waals surface area contributed by atoms with Crippen LogP contribution in [0.2, 0.25) is 0 Å². The molecule has 0 aromatic carbocycles. The van der Waals surface area contributed by atoms with Gasteiger partial charge in [-0.25, -0.2) is 0 Å². The molecule has 6 aliphatic rings. The first-order valence-electron chi connectivity index (χ1n) is 12.1. The minimum atomic E-state index is -2.10. The fraction of sp³-hybridized carbons (Fsp3) is 0.840. The number of epoxide rings is 1. The van der Waals surface area contributed by atoms with Gasteiger partial charge in [-0.3, -0.25) is 9.59 Å². The van der Waals surface area contributed by atoms with Crippen LogP contribution >= 0.6 is 0 Å². The van der Waals surface area contributed by atoms with Gasteiger partial charge >= 0.3 is 5.97 Å². The van der Waals surface area contributed by atoms with Crippen LogP contribution < -0.4 is 0 Å². The number of ether oxygens (including phenoxy) is 4. The second-order valence-corrected chi connectivity index (χ2v) is 12.4. The van der Waals surface area contributed by atoms with Crippen molar-refractivity contribution in [3.05, 3.63) is 11.6 Å². The number of ketones is 1. The summed E-state index contributed by atoms with van der Waals surface area (Å²) in [5.41, 5.74) is -6.54. The number of esters is 1. The van der Waals surface area contributed by atoms with Crippen molar-refractivity contribution in [1.82, 2.24) is 0 Å². The largest absolute Gasteiger partial charge is 0.456 e. The molecule has 0 radical (unpaired) electrons. The molecule has 1 unspecified atom stereocenters. The summed E-state index contributed by atoms with van der Waals surface area (Å²) < 4.78 is 24.3. The highest BCUT2D eigenvalue weighted by molar-refractivity contribution is 6.05. The van der Waals surface area contributed by atoms with Crippen LogP contribution in [-0.2, 0) is 28.5 Å². The lowest BCUT2D eigenvalue weighted by atomic mass is 9.58. The summed E-state index contributed by atoms with van der Waals surface area (Å²) in [6.45, 7) is 11.9. The third kappa shape index (κ3) is 2.16. The Labute approximate surface area is 198 Å². The lowest BCUT2D eigenvalue weighted by Crippen LogP contribution is -2.70. The highest BCUT2D eigenvalue weighted by Gasteiger charge is 2.93. The van der Waals surface area contributed by atoms with Crippen molar-refractivity contribution >= 4 is 11.8 Å². The van der Waals surface area contributed by atoms with Crippen LogP contribution in [0.3, 0.4) is 0 Å². The van der Waals surface area contributed by atoms with E-state index in [0.717, 1.165) is 0 Å². The van der Waals surface area contributed by atoms with Gasteiger partial charge in [0.25, 0.3) is 0 Å². The number of aliphatic hydroxyl groups excluding tert-OH is 1. The zero-order chi connectivity index (χ0) is 25.0. The molecule has 5 fully saturated rings. The number of hydrogen-bond donors (Lipinski definition) is 3. The van der Waals surface area contributed by atoms with Crippen LogP contribution in [0, 0.1) is 29.1 Å². The molecule has 9 heteroatoms. The molecule has 2 saturated heterocycles. The minimum Gasteiger partial charge on any atom is -0.456 e. The second-order valence-electron chi connectivity index (χ2n) is 12.4. The van der Waals surface area contributed by atoms with E-state index in [1.54, 1.807) is 33.8 Å². The quantitative estimate of drug-likeness (QED) is 0.363. The summed E-state index contributed by atoms with van der Waals surface area (Å²) in [5.74, 6) is -5.11. The fourth-order valence-electron chi connectivity index (χ4n) is 8.50. The Morgan fingerprint density at radius 2 is 1.82 bits per heavy atom. The van der Waals surface area contributed by atoms with Crippen molar-refractivity contribution in [1.29, 1.82) is 0 Å². The maximum Gasteiger partial charge on any atom is 0.303 e. The Balaban J connectivity index is 1.59. The van der Waals surface area contributed by atoms with Gasteiger partial charge < -0.3 is 34.3 Å². The van der Waals surface area contributed by atoms with Gasteiger partial charge in [0.1, 0.15) is 17.3 Å². The molecule has 3 N–H and O–H groups in total. The molecule has 0 aromatic heterocycles.